The zero-order valence-electron chi connectivity index (χ0n) is 16.6. The number of rotatable bonds is 6. The zero-order chi connectivity index (χ0) is 20.2. The lowest BCUT2D eigenvalue weighted by atomic mass is 10.0. The fourth-order valence-corrected chi connectivity index (χ4v) is 3.74. The number of nitrogens with zero attached hydrogens (tertiary/aromatic N) is 1. The van der Waals surface area contributed by atoms with Crippen molar-refractivity contribution >= 4 is 32.4 Å². The second-order valence-electron chi connectivity index (χ2n) is 7.00. The smallest absolute Gasteiger partial charge is 0.616 e. The van der Waals surface area contributed by atoms with E-state index in [0.717, 1.165) is 50.4 Å². The molecular formula is C25H21AlNO2. The summed E-state index contributed by atoms with van der Waals surface area (Å²) in [6.45, 7) is 8.02. The van der Waals surface area contributed by atoms with Crippen molar-refractivity contribution in [1.29, 1.82) is 0 Å². The summed E-state index contributed by atoms with van der Waals surface area (Å²) in [7, 11) is 0. The van der Waals surface area contributed by atoms with E-state index in [1.54, 1.807) is 0 Å². The maximum Gasteiger partial charge on any atom is 0.881 e. The predicted molar refractivity (Wildman–Crippen MR) is 120 cm³/mol. The van der Waals surface area contributed by atoms with Crippen LogP contribution in [0, 0.1) is 6.92 Å². The third kappa shape index (κ3) is 4.51. The van der Waals surface area contributed by atoms with Crippen molar-refractivity contribution in [1.82, 2.24) is 4.98 Å². The molecule has 3 aromatic carbocycles. The van der Waals surface area contributed by atoms with Crippen LogP contribution in [0.5, 0.6) is 11.5 Å². The van der Waals surface area contributed by atoms with Crippen molar-refractivity contribution in [2.45, 2.75) is 13.8 Å². The first-order valence-electron chi connectivity index (χ1n) is 9.48. The summed E-state index contributed by atoms with van der Waals surface area (Å²) in [6, 6.07) is 26.5. The molecule has 0 saturated heterocycles. The maximum atomic E-state index is 5.92. The molecule has 0 aliphatic heterocycles. The maximum absolute atomic E-state index is 5.92. The Bertz CT molecular complexity index is 1170. The van der Waals surface area contributed by atoms with E-state index in [9.17, 15) is 0 Å². The Labute approximate surface area is 178 Å². The molecule has 4 rings (SSSR count). The Morgan fingerprint density at radius 1 is 0.862 bits per heavy atom. The fourth-order valence-electron chi connectivity index (χ4n) is 3.13. The summed E-state index contributed by atoms with van der Waals surface area (Å²) in [6.07, 6.45) is 0. The van der Waals surface area contributed by atoms with Crippen molar-refractivity contribution < 1.29 is 7.58 Å². The molecule has 0 spiro atoms. The highest BCUT2D eigenvalue weighted by Gasteiger charge is 2.10. The molecular weight excluding hydrogens is 373 g/mol. The van der Waals surface area contributed by atoms with E-state index in [0.29, 0.717) is 0 Å². The molecule has 0 aliphatic rings. The van der Waals surface area contributed by atoms with Gasteiger partial charge in [-0.15, -0.1) is 0 Å². The third-order valence-corrected chi connectivity index (χ3v) is 5.44. The SMILES string of the molecule is C=C(C)c1cccc(-c2ccc([O][Al][O]c3cccc4ccc(C)nc34)cc2)c1. The minimum atomic E-state index is -0.688. The molecule has 0 bridgehead atoms. The van der Waals surface area contributed by atoms with Crippen LogP contribution in [-0.2, 0) is 0 Å². The van der Waals surface area contributed by atoms with Gasteiger partial charge in [0, 0.05) is 11.1 Å². The van der Waals surface area contributed by atoms with E-state index in [-0.39, 0.29) is 0 Å². The number of aromatic nitrogens is 1. The topological polar surface area (TPSA) is 31.4 Å². The van der Waals surface area contributed by atoms with Gasteiger partial charge in [-0.1, -0.05) is 60.7 Å². The van der Waals surface area contributed by atoms with Crippen LogP contribution >= 0.6 is 0 Å². The lowest BCUT2D eigenvalue weighted by Gasteiger charge is -2.11. The van der Waals surface area contributed by atoms with Gasteiger partial charge in [-0.2, -0.15) is 0 Å². The van der Waals surface area contributed by atoms with Crippen LogP contribution < -0.4 is 7.58 Å². The standard InChI is InChI=1S/C15H14O.C10H9NO.Al/c1-11(2)13-4-3-5-14(10-13)12-6-8-15(16)9-7-12;1-7-5-6-8-3-2-4-9(12)10(8)11-7;/h3-10,16H,1H2,2H3;2-6,12H,1H3;/q;;+2/p-2. The van der Waals surface area contributed by atoms with Crippen molar-refractivity contribution in [2.24, 2.45) is 0 Å². The third-order valence-electron chi connectivity index (χ3n) is 4.72. The molecule has 3 nitrogen and oxygen atoms in total. The summed E-state index contributed by atoms with van der Waals surface area (Å²) in [5.41, 5.74) is 6.36. The first-order chi connectivity index (χ1) is 14.1. The van der Waals surface area contributed by atoms with Crippen LogP contribution in [0.2, 0.25) is 0 Å². The van der Waals surface area contributed by atoms with E-state index < -0.39 is 15.9 Å². The zero-order valence-corrected chi connectivity index (χ0v) is 17.7. The van der Waals surface area contributed by atoms with Gasteiger partial charge in [0.2, 0.25) is 0 Å². The molecule has 0 fully saturated rings. The Kier molecular flexibility index (Phi) is 5.67. The van der Waals surface area contributed by atoms with Crippen LogP contribution in [0.25, 0.3) is 27.6 Å². The first-order valence-corrected chi connectivity index (χ1v) is 10.4. The summed E-state index contributed by atoms with van der Waals surface area (Å²) < 4.78 is 11.8. The highest BCUT2D eigenvalue weighted by Crippen LogP contribution is 2.26. The molecule has 0 amide bonds. The van der Waals surface area contributed by atoms with Crippen molar-refractivity contribution in [3.8, 4) is 22.6 Å². The molecule has 4 heteroatoms. The number of hydrogen-bond donors (Lipinski definition) is 0. The minimum Gasteiger partial charge on any atom is -0.616 e. The number of fused-ring (bicyclic) bond motifs is 1. The lowest BCUT2D eigenvalue weighted by Crippen LogP contribution is -2.11. The molecule has 1 radical (unpaired) electrons. The molecule has 0 atom stereocenters. The van der Waals surface area contributed by atoms with Crippen LogP contribution in [0.1, 0.15) is 18.2 Å². The number of allylic oxidation sites excluding steroid dienone is 1. The van der Waals surface area contributed by atoms with Crippen LogP contribution in [0.3, 0.4) is 0 Å². The lowest BCUT2D eigenvalue weighted by molar-refractivity contribution is 0.461. The highest BCUT2D eigenvalue weighted by atomic mass is 27.2. The number of benzene rings is 3. The van der Waals surface area contributed by atoms with Crippen molar-refractivity contribution in [3.63, 3.8) is 0 Å². The summed E-state index contributed by atoms with van der Waals surface area (Å²) in [5, 5.41) is 1.06. The second kappa shape index (κ2) is 8.53. The monoisotopic (exact) mass is 394 g/mol. The summed E-state index contributed by atoms with van der Waals surface area (Å²) >= 11 is -0.688. The average molecular weight is 394 g/mol. The molecule has 0 aliphatic carbocycles. The predicted octanol–water partition coefficient (Wildman–Crippen LogP) is 6.24. The Morgan fingerprint density at radius 3 is 2.45 bits per heavy atom. The Morgan fingerprint density at radius 2 is 1.66 bits per heavy atom. The van der Waals surface area contributed by atoms with Crippen LogP contribution in [0.4, 0.5) is 0 Å². The van der Waals surface area contributed by atoms with Crippen molar-refractivity contribution in [3.05, 3.63) is 96.7 Å². The second-order valence-corrected chi connectivity index (χ2v) is 7.66. The van der Waals surface area contributed by atoms with Gasteiger partial charge in [-0.05, 0) is 60.9 Å². The number of aryl methyl sites for hydroxylation is 1. The fraction of sp³-hybridized carbons (Fsp3) is 0.0800. The average Bonchev–Trinajstić information content (AvgIpc) is 2.74. The highest BCUT2D eigenvalue weighted by molar-refractivity contribution is 6.21. The van der Waals surface area contributed by atoms with E-state index in [1.165, 1.54) is 0 Å². The summed E-state index contributed by atoms with van der Waals surface area (Å²) in [4.78, 5) is 4.59. The molecule has 1 aromatic heterocycles. The Hall–Kier alpha value is -3.06. The number of hydrogen-bond acceptors (Lipinski definition) is 3. The number of pyridine rings is 1. The van der Waals surface area contributed by atoms with Crippen LogP contribution in [-0.4, -0.2) is 20.9 Å². The van der Waals surface area contributed by atoms with Gasteiger partial charge < -0.3 is 7.58 Å². The molecule has 141 valence electrons. The summed E-state index contributed by atoms with van der Waals surface area (Å²) in [5.74, 6) is 1.55. The first kappa shape index (κ1) is 19.3. The molecule has 4 aromatic rings. The van der Waals surface area contributed by atoms with Gasteiger partial charge in [-0.25, -0.2) is 4.98 Å². The van der Waals surface area contributed by atoms with Gasteiger partial charge in [0.05, 0.1) is 5.75 Å². The van der Waals surface area contributed by atoms with Gasteiger partial charge in [0.15, 0.2) is 0 Å². The van der Waals surface area contributed by atoms with Gasteiger partial charge in [-0.3, -0.25) is 0 Å². The number of para-hydroxylation sites is 1. The largest absolute Gasteiger partial charge is 0.881 e. The van der Waals surface area contributed by atoms with Gasteiger partial charge >= 0.3 is 15.9 Å². The molecule has 0 N–H and O–H groups in total. The van der Waals surface area contributed by atoms with Crippen molar-refractivity contribution in [2.75, 3.05) is 0 Å². The molecule has 0 saturated carbocycles. The van der Waals surface area contributed by atoms with Gasteiger partial charge in [0.1, 0.15) is 11.3 Å². The molecule has 1 heterocycles. The van der Waals surface area contributed by atoms with Crippen LogP contribution in [0.15, 0.2) is 85.4 Å². The van der Waals surface area contributed by atoms with E-state index in [1.807, 2.05) is 50.2 Å². The normalized spacial score (nSPS) is 10.6. The quantitative estimate of drug-likeness (QED) is 0.363. The minimum absolute atomic E-state index is 0.688. The van der Waals surface area contributed by atoms with E-state index >= 15 is 0 Å². The molecule has 0 unspecified atom stereocenters. The Balaban J connectivity index is 1.43. The molecule has 29 heavy (non-hydrogen) atoms. The van der Waals surface area contributed by atoms with Gasteiger partial charge in [0.25, 0.3) is 0 Å². The van der Waals surface area contributed by atoms with E-state index in [4.69, 9.17) is 7.58 Å². The van der Waals surface area contributed by atoms with E-state index in [2.05, 4.69) is 54.0 Å².